The first-order valence-electron chi connectivity index (χ1n) is 4.32. The van der Waals surface area contributed by atoms with Crippen LogP contribution in [0.4, 0.5) is 0 Å². The minimum absolute atomic E-state index is 0.242. The summed E-state index contributed by atoms with van der Waals surface area (Å²) in [7, 11) is 0. The molecule has 0 saturated carbocycles. The lowest BCUT2D eigenvalue weighted by Gasteiger charge is -2.14. The summed E-state index contributed by atoms with van der Waals surface area (Å²) in [6.07, 6.45) is 2.68. The van der Waals surface area contributed by atoms with Crippen LogP contribution in [0, 0.1) is 0 Å². The molecule has 1 atom stereocenters. The summed E-state index contributed by atoms with van der Waals surface area (Å²) in [5, 5.41) is 1.75. The quantitative estimate of drug-likeness (QED) is 0.502. The van der Waals surface area contributed by atoms with Crippen LogP contribution < -0.4 is 0 Å². The van der Waals surface area contributed by atoms with Gasteiger partial charge in [0.25, 0.3) is 0 Å². The van der Waals surface area contributed by atoms with Crippen LogP contribution in [0.1, 0.15) is 24.8 Å². The summed E-state index contributed by atoms with van der Waals surface area (Å²) in [5.41, 5.74) is 0.903. The van der Waals surface area contributed by atoms with Crippen molar-refractivity contribution < 1.29 is 0 Å². The van der Waals surface area contributed by atoms with Crippen molar-refractivity contribution in [3.05, 3.63) is 45.4 Å². The first-order valence-corrected chi connectivity index (χ1v) is 5.45. The van der Waals surface area contributed by atoms with Crippen LogP contribution in [-0.4, -0.2) is 0 Å². The Morgan fingerprint density at radius 3 is 2.43 bits per heavy atom. The molecular formula is C11H11Cl3. The van der Waals surface area contributed by atoms with Gasteiger partial charge in [0.05, 0.1) is 10.0 Å². The third-order valence-corrected chi connectivity index (χ3v) is 3.24. The molecule has 0 spiro atoms. The molecule has 0 aliphatic rings. The van der Waals surface area contributed by atoms with E-state index in [1.807, 2.05) is 13.0 Å². The van der Waals surface area contributed by atoms with Crippen molar-refractivity contribution in [1.29, 1.82) is 0 Å². The Morgan fingerprint density at radius 1 is 1.29 bits per heavy atom. The van der Waals surface area contributed by atoms with Crippen molar-refractivity contribution in [2.24, 2.45) is 0 Å². The van der Waals surface area contributed by atoms with Gasteiger partial charge in [-0.25, -0.2) is 0 Å². The molecule has 1 unspecified atom stereocenters. The first kappa shape index (κ1) is 11.9. The largest absolute Gasteiger partial charge is 0.103 e. The van der Waals surface area contributed by atoms with E-state index in [1.165, 1.54) is 0 Å². The van der Waals surface area contributed by atoms with Crippen molar-refractivity contribution in [1.82, 2.24) is 0 Å². The molecule has 0 aliphatic carbocycles. The Bertz CT molecular complexity index is 345. The lowest BCUT2D eigenvalue weighted by atomic mass is 9.98. The van der Waals surface area contributed by atoms with Crippen LogP contribution in [-0.2, 0) is 0 Å². The molecule has 76 valence electrons. The molecule has 0 aliphatic heterocycles. The highest BCUT2D eigenvalue weighted by Crippen LogP contribution is 2.37. The molecule has 0 fully saturated rings. The van der Waals surface area contributed by atoms with Crippen molar-refractivity contribution in [2.45, 2.75) is 19.3 Å². The van der Waals surface area contributed by atoms with Crippen LogP contribution in [0.2, 0.25) is 15.1 Å². The maximum absolute atomic E-state index is 6.08. The summed E-state index contributed by atoms with van der Waals surface area (Å²) in [6.45, 7) is 5.74. The molecule has 14 heavy (non-hydrogen) atoms. The number of rotatable bonds is 3. The molecule has 3 heteroatoms. The van der Waals surface area contributed by atoms with Gasteiger partial charge >= 0.3 is 0 Å². The van der Waals surface area contributed by atoms with E-state index in [4.69, 9.17) is 34.8 Å². The number of benzene rings is 1. The highest BCUT2D eigenvalue weighted by Gasteiger charge is 2.14. The fourth-order valence-corrected chi connectivity index (χ4v) is 2.27. The van der Waals surface area contributed by atoms with Crippen LogP contribution in [0.5, 0.6) is 0 Å². The lowest BCUT2D eigenvalue weighted by Crippen LogP contribution is -1.95. The van der Waals surface area contributed by atoms with Gasteiger partial charge in [0.1, 0.15) is 0 Å². The fourth-order valence-electron chi connectivity index (χ4n) is 1.36. The Balaban J connectivity index is 3.17. The van der Waals surface area contributed by atoms with Crippen LogP contribution in [0.3, 0.4) is 0 Å². The zero-order valence-electron chi connectivity index (χ0n) is 7.86. The second kappa shape index (κ2) is 5.06. The van der Waals surface area contributed by atoms with Gasteiger partial charge in [0.2, 0.25) is 0 Å². The van der Waals surface area contributed by atoms with Crippen LogP contribution >= 0.6 is 34.8 Å². The number of hydrogen-bond acceptors (Lipinski definition) is 0. The minimum atomic E-state index is 0.242. The van der Waals surface area contributed by atoms with E-state index in [0.29, 0.717) is 15.1 Å². The van der Waals surface area contributed by atoms with Gasteiger partial charge in [-0.05, 0) is 30.0 Å². The zero-order chi connectivity index (χ0) is 10.7. The third-order valence-electron chi connectivity index (χ3n) is 2.09. The van der Waals surface area contributed by atoms with Crippen LogP contribution in [0.25, 0.3) is 0 Å². The van der Waals surface area contributed by atoms with E-state index in [2.05, 4.69) is 6.58 Å². The van der Waals surface area contributed by atoms with Crippen molar-refractivity contribution in [3.8, 4) is 0 Å². The predicted octanol–water partition coefficient (Wildman–Crippen LogP) is 5.33. The SMILES string of the molecule is C=CCC(C)c1c(Cl)ccc(Cl)c1Cl. The third kappa shape index (κ3) is 2.44. The van der Waals surface area contributed by atoms with Crippen LogP contribution in [0.15, 0.2) is 24.8 Å². The first-order chi connectivity index (χ1) is 6.57. The Kier molecular flexibility index (Phi) is 4.31. The summed E-state index contributed by atoms with van der Waals surface area (Å²) in [5.74, 6) is 0.242. The Labute approximate surface area is 99.5 Å². The highest BCUT2D eigenvalue weighted by atomic mass is 35.5. The average Bonchev–Trinajstić information content (AvgIpc) is 2.13. The standard InChI is InChI=1S/C11H11Cl3/c1-3-4-7(2)10-8(12)5-6-9(13)11(10)14/h3,5-7H,1,4H2,2H3. The predicted molar refractivity (Wildman–Crippen MR) is 64.7 cm³/mol. The molecular weight excluding hydrogens is 238 g/mol. The van der Waals surface area contributed by atoms with E-state index in [0.717, 1.165) is 12.0 Å². The van der Waals surface area contributed by atoms with E-state index < -0.39 is 0 Å². The number of halogens is 3. The Morgan fingerprint density at radius 2 is 1.86 bits per heavy atom. The number of allylic oxidation sites excluding steroid dienone is 1. The summed E-state index contributed by atoms with van der Waals surface area (Å²) < 4.78 is 0. The zero-order valence-corrected chi connectivity index (χ0v) is 10.1. The average molecular weight is 250 g/mol. The van der Waals surface area contributed by atoms with Crippen molar-refractivity contribution in [2.75, 3.05) is 0 Å². The molecule has 0 N–H and O–H groups in total. The molecule has 0 saturated heterocycles. The van der Waals surface area contributed by atoms with Gasteiger partial charge in [0, 0.05) is 5.02 Å². The van der Waals surface area contributed by atoms with E-state index in [9.17, 15) is 0 Å². The molecule has 1 rings (SSSR count). The Hall–Kier alpha value is -0.170. The van der Waals surface area contributed by atoms with Crippen molar-refractivity contribution in [3.63, 3.8) is 0 Å². The van der Waals surface area contributed by atoms with Gasteiger partial charge < -0.3 is 0 Å². The topological polar surface area (TPSA) is 0 Å². The van der Waals surface area contributed by atoms with Gasteiger partial charge in [-0.15, -0.1) is 6.58 Å². The minimum Gasteiger partial charge on any atom is -0.103 e. The van der Waals surface area contributed by atoms with E-state index in [1.54, 1.807) is 12.1 Å². The molecule has 0 aromatic heterocycles. The maximum Gasteiger partial charge on any atom is 0.0641 e. The monoisotopic (exact) mass is 248 g/mol. The second-order valence-electron chi connectivity index (χ2n) is 3.18. The summed E-state index contributed by atoms with van der Waals surface area (Å²) in [4.78, 5) is 0. The summed E-state index contributed by atoms with van der Waals surface area (Å²) >= 11 is 18.0. The molecule has 0 bridgehead atoms. The normalized spacial score (nSPS) is 12.6. The fraction of sp³-hybridized carbons (Fsp3) is 0.273. The molecule has 1 aromatic carbocycles. The number of hydrogen-bond donors (Lipinski definition) is 0. The molecule has 0 amide bonds. The van der Waals surface area contributed by atoms with Gasteiger partial charge in [-0.1, -0.05) is 47.8 Å². The highest BCUT2D eigenvalue weighted by molar-refractivity contribution is 6.44. The van der Waals surface area contributed by atoms with E-state index in [-0.39, 0.29) is 5.92 Å². The molecule has 0 heterocycles. The second-order valence-corrected chi connectivity index (χ2v) is 4.37. The van der Waals surface area contributed by atoms with Gasteiger partial charge in [-0.2, -0.15) is 0 Å². The molecule has 0 radical (unpaired) electrons. The maximum atomic E-state index is 6.08. The molecule has 1 aromatic rings. The van der Waals surface area contributed by atoms with E-state index >= 15 is 0 Å². The van der Waals surface area contributed by atoms with Gasteiger partial charge in [-0.3, -0.25) is 0 Å². The smallest absolute Gasteiger partial charge is 0.0641 e. The van der Waals surface area contributed by atoms with Crippen molar-refractivity contribution >= 4 is 34.8 Å². The molecule has 0 nitrogen and oxygen atoms in total. The lowest BCUT2D eigenvalue weighted by molar-refractivity contribution is 0.782. The van der Waals surface area contributed by atoms with Gasteiger partial charge in [0.15, 0.2) is 0 Å². The summed E-state index contributed by atoms with van der Waals surface area (Å²) in [6, 6.07) is 3.47.